The van der Waals surface area contributed by atoms with Gasteiger partial charge < -0.3 is 19.6 Å². The number of hydrogen-bond donors (Lipinski definition) is 2. The molecular weight excluding hydrogens is 436 g/mol. The molecule has 0 spiro atoms. The number of fused-ring (bicyclic) bond motifs is 1. The van der Waals surface area contributed by atoms with Crippen LogP contribution in [-0.4, -0.2) is 23.7 Å². The maximum Gasteiger partial charge on any atom is 0.224 e. The highest BCUT2D eigenvalue weighted by Gasteiger charge is 2.23. The summed E-state index contributed by atoms with van der Waals surface area (Å²) in [5, 5.41) is 14.6. The zero-order chi connectivity index (χ0) is 24.0. The summed E-state index contributed by atoms with van der Waals surface area (Å²) in [4.78, 5) is 4.72. The minimum atomic E-state index is -0.754. The molecule has 0 saturated carbocycles. The van der Waals surface area contributed by atoms with Crippen LogP contribution in [0.25, 0.3) is 22.6 Å². The summed E-state index contributed by atoms with van der Waals surface area (Å²) in [6, 6.07) is 26.6. The number of aromatic nitrogens is 1. The minimum absolute atomic E-state index is 0.321. The van der Waals surface area contributed by atoms with Crippen molar-refractivity contribution in [2.45, 2.75) is 44.2 Å². The molecule has 1 aliphatic rings. The van der Waals surface area contributed by atoms with Gasteiger partial charge in [0.2, 0.25) is 5.89 Å². The maximum absolute atomic E-state index is 10.9. The van der Waals surface area contributed by atoms with E-state index in [4.69, 9.17) is 14.1 Å². The summed E-state index contributed by atoms with van der Waals surface area (Å²) in [6.07, 6.45) is 3.97. The fourth-order valence-electron chi connectivity index (χ4n) is 4.97. The first-order valence-corrected chi connectivity index (χ1v) is 12.4. The number of aliphatic hydroxyl groups is 1. The van der Waals surface area contributed by atoms with Crippen molar-refractivity contribution in [3.8, 4) is 28.3 Å². The Balaban J connectivity index is 1.25. The number of benzene rings is 3. The Kier molecular flexibility index (Phi) is 7.26. The highest BCUT2D eigenvalue weighted by molar-refractivity contribution is 5.76. The molecule has 35 heavy (non-hydrogen) atoms. The topological polar surface area (TPSA) is 67.5 Å². The van der Waals surface area contributed by atoms with Crippen LogP contribution in [0.15, 0.2) is 83.3 Å². The number of nitrogens with zero attached hydrogens (tertiary/aromatic N) is 1. The van der Waals surface area contributed by atoms with Gasteiger partial charge in [0.05, 0.1) is 7.11 Å². The predicted molar refractivity (Wildman–Crippen MR) is 138 cm³/mol. The van der Waals surface area contributed by atoms with Crippen molar-refractivity contribution in [1.29, 1.82) is 0 Å². The predicted octanol–water partition coefficient (Wildman–Crippen LogP) is 6.50. The monoisotopic (exact) mass is 468 g/mol. The minimum Gasteiger partial charge on any atom is -0.496 e. The number of aliphatic hydroxyl groups excluding tert-OH is 1. The third-order valence-electron chi connectivity index (χ3n) is 6.74. The van der Waals surface area contributed by atoms with Gasteiger partial charge in [-0.2, -0.15) is 0 Å². The van der Waals surface area contributed by atoms with E-state index in [9.17, 15) is 5.11 Å². The molecule has 2 unspecified atom stereocenters. The fraction of sp³-hybridized carbons (Fsp3) is 0.300. The second-order valence-electron chi connectivity index (χ2n) is 9.05. The van der Waals surface area contributed by atoms with Gasteiger partial charge in [0.15, 0.2) is 5.76 Å². The lowest BCUT2D eigenvalue weighted by Crippen LogP contribution is -2.26. The lowest BCUT2D eigenvalue weighted by molar-refractivity contribution is 0.132. The Morgan fingerprint density at radius 3 is 2.49 bits per heavy atom. The standard InChI is InChI=1S/C30H32N2O3/c1-34-27-19-9-15-23-24(27)16-8-17-25(23)31-20-10-18-26(33)30-32-28(21-11-4-2-5-12-21)29(35-30)22-13-6-3-7-14-22/h2-7,9,11-15,19,25-26,31,33H,8,10,16-18,20H2,1H3. The third kappa shape index (κ3) is 5.16. The van der Waals surface area contributed by atoms with Crippen molar-refractivity contribution in [2.75, 3.05) is 13.7 Å². The fourth-order valence-corrected chi connectivity index (χ4v) is 4.97. The summed E-state index contributed by atoms with van der Waals surface area (Å²) in [6.45, 7) is 0.816. The first-order valence-electron chi connectivity index (χ1n) is 12.4. The summed E-state index contributed by atoms with van der Waals surface area (Å²) >= 11 is 0. The molecular formula is C30H32N2O3. The van der Waals surface area contributed by atoms with Gasteiger partial charge in [0.25, 0.3) is 0 Å². The van der Waals surface area contributed by atoms with Crippen LogP contribution >= 0.6 is 0 Å². The zero-order valence-electron chi connectivity index (χ0n) is 20.1. The molecule has 2 N–H and O–H groups in total. The number of methoxy groups -OCH3 is 1. The van der Waals surface area contributed by atoms with E-state index >= 15 is 0 Å². The molecule has 4 aromatic rings. The molecule has 2 atom stereocenters. The summed E-state index contributed by atoms with van der Waals surface area (Å²) < 4.78 is 11.7. The van der Waals surface area contributed by atoms with E-state index in [0.29, 0.717) is 24.1 Å². The van der Waals surface area contributed by atoms with Gasteiger partial charge in [-0.3, -0.25) is 0 Å². The average molecular weight is 469 g/mol. The number of hydrogen-bond acceptors (Lipinski definition) is 5. The molecule has 5 nitrogen and oxygen atoms in total. The summed E-state index contributed by atoms with van der Waals surface area (Å²) in [5.41, 5.74) is 5.34. The van der Waals surface area contributed by atoms with Crippen molar-refractivity contribution < 1.29 is 14.3 Å². The number of oxazole rings is 1. The second kappa shape index (κ2) is 10.9. The van der Waals surface area contributed by atoms with E-state index in [2.05, 4.69) is 17.4 Å². The Labute approximate surface area is 206 Å². The molecule has 0 saturated heterocycles. The second-order valence-corrected chi connectivity index (χ2v) is 9.05. The number of nitrogens with one attached hydrogen (secondary N) is 1. The van der Waals surface area contributed by atoms with E-state index < -0.39 is 6.10 Å². The van der Waals surface area contributed by atoms with E-state index in [0.717, 1.165) is 54.8 Å². The van der Waals surface area contributed by atoms with Crippen LogP contribution in [0.1, 0.15) is 54.8 Å². The highest BCUT2D eigenvalue weighted by atomic mass is 16.5. The average Bonchev–Trinajstić information content (AvgIpc) is 3.37. The van der Waals surface area contributed by atoms with E-state index in [1.165, 1.54) is 11.1 Å². The van der Waals surface area contributed by atoms with Crippen LogP contribution < -0.4 is 10.1 Å². The van der Waals surface area contributed by atoms with Crippen molar-refractivity contribution in [3.05, 3.63) is 95.9 Å². The quantitative estimate of drug-likeness (QED) is 0.275. The van der Waals surface area contributed by atoms with Crippen molar-refractivity contribution in [3.63, 3.8) is 0 Å². The SMILES string of the molecule is COc1cccc2c1CCCC2NCCCC(O)c1nc(-c2ccccc2)c(-c2ccccc2)o1. The molecule has 0 radical (unpaired) electrons. The lowest BCUT2D eigenvalue weighted by Gasteiger charge is -2.28. The molecule has 3 aromatic carbocycles. The van der Waals surface area contributed by atoms with Gasteiger partial charge in [0, 0.05) is 17.2 Å². The first-order chi connectivity index (χ1) is 17.2. The zero-order valence-corrected chi connectivity index (χ0v) is 20.1. The molecule has 1 aliphatic carbocycles. The van der Waals surface area contributed by atoms with Gasteiger partial charge in [-0.25, -0.2) is 4.98 Å². The largest absolute Gasteiger partial charge is 0.496 e. The Morgan fingerprint density at radius 1 is 1.00 bits per heavy atom. The molecule has 180 valence electrons. The van der Waals surface area contributed by atoms with E-state index in [1.54, 1.807) is 7.11 Å². The van der Waals surface area contributed by atoms with E-state index in [-0.39, 0.29) is 0 Å². The molecule has 5 heteroatoms. The van der Waals surface area contributed by atoms with Crippen molar-refractivity contribution in [2.24, 2.45) is 0 Å². The number of ether oxygens (including phenoxy) is 1. The smallest absolute Gasteiger partial charge is 0.224 e. The molecule has 0 bridgehead atoms. The molecule has 0 aliphatic heterocycles. The Hall–Kier alpha value is -3.41. The molecule has 0 fully saturated rings. The van der Waals surface area contributed by atoms with Crippen molar-refractivity contribution in [1.82, 2.24) is 10.3 Å². The van der Waals surface area contributed by atoms with Crippen LogP contribution in [0.5, 0.6) is 5.75 Å². The van der Waals surface area contributed by atoms with Crippen LogP contribution in [0.2, 0.25) is 0 Å². The van der Waals surface area contributed by atoms with Crippen LogP contribution in [0, 0.1) is 0 Å². The Morgan fingerprint density at radius 2 is 1.74 bits per heavy atom. The van der Waals surface area contributed by atoms with Gasteiger partial charge in [-0.1, -0.05) is 72.8 Å². The van der Waals surface area contributed by atoms with Crippen molar-refractivity contribution >= 4 is 0 Å². The normalized spacial score (nSPS) is 16.0. The van der Waals surface area contributed by atoms with Gasteiger partial charge in [-0.15, -0.1) is 0 Å². The number of rotatable bonds is 9. The molecule has 0 amide bonds. The van der Waals surface area contributed by atoms with Gasteiger partial charge in [-0.05, 0) is 55.8 Å². The summed E-state index contributed by atoms with van der Waals surface area (Å²) in [5.74, 6) is 2.05. The highest BCUT2D eigenvalue weighted by Crippen LogP contribution is 2.36. The van der Waals surface area contributed by atoms with Crippen LogP contribution in [-0.2, 0) is 6.42 Å². The maximum atomic E-state index is 10.9. The Bertz CT molecular complexity index is 1180. The van der Waals surface area contributed by atoms with E-state index in [1.807, 2.05) is 66.7 Å². The van der Waals surface area contributed by atoms with Gasteiger partial charge >= 0.3 is 0 Å². The molecule has 1 aromatic heterocycles. The molecule has 5 rings (SSSR count). The van der Waals surface area contributed by atoms with Crippen LogP contribution in [0.4, 0.5) is 0 Å². The summed E-state index contributed by atoms with van der Waals surface area (Å²) in [7, 11) is 1.74. The third-order valence-corrected chi connectivity index (χ3v) is 6.74. The first kappa shape index (κ1) is 23.3. The van der Waals surface area contributed by atoms with Gasteiger partial charge in [0.1, 0.15) is 17.5 Å². The lowest BCUT2D eigenvalue weighted by atomic mass is 9.87. The van der Waals surface area contributed by atoms with Crippen LogP contribution in [0.3, 0.4) is 0 Å². The molecule has 1 heterocycles.